The number of nitrogen functional groups attached to an aromatic ring is 1. The Kier molecular flexibility index (Phi) is 8.43. The van der Waals surface area contributed by atoms with Crippen LogP contribution in [0.15, 0.2) is 29.8 Å². The number of aliphatic hydroxyl groups excluding tert-OH is 1. The second kappa shape index (κ2) is 10.5. The fourth-order valence-electron chi connectivity index (χ4n) is 3.60. The van der Waals surface area contributed by atoms with Crippen LogP contribution in [0.3, 0.4) is 0 Å². The molecular formula is C15H22N7NaO10P2+2. The Morgan fingerprint density at radius 3 is 2.71 bits per heavy atom. The Morgan fingerprint density at radius 2 is 2.09 bits per heavy atom. The molecule has 3 aromatic heterocycles. The summed E-state index contributed by atoms with van der Waals surface area (Å²) in [5.41, 5.74) is 5.40. The summed E-state index contributed by atoms with van der Waals surface area (Å²) in [6.07, 6.45) is -0.0390. The Balaban J connectivity index is 0.00000342. The van der Waals surface area contributed by atoms with Crippen molar-refractivity contribution in [1.29, 1.82) is 0 Å². The predicted molar refractivity (Wildman–Crippen MR) is 111 cm³/mol. The topological polar surface area (TPSA) is 230 Å². The average Bonchev–Trinajstić information content (AvgIpc) is 3.44. The second-order valence-corrected chi connectivity index (χ2v) is 10.6. The second-order valence-electron chi connectivity index (χ2n) is 7.29. The number of aryl methyl sites for hydroxylation is 1. The molecule has 0 amide bonds. The van der Waals surface area contributed by atoms with Crippen molar-refractivity contribution in [2.75, 3.05) is 19.5 Å². The Labute approximate surface area is 218 Å². The summed E-state index contributed by atoms with van der Waals surface area (Å²) < 4.78 is 48.2. The summed E-state index contributed by atoms with van der Waals surface area (Å²) in [5, 5.41) is 10.8. The van der Waals surface area contributed by atoms with Crippen LogP contribution in [-0.4, -0.2) is 70.8 Å². The van der Waals surface area contributed by atoms with Crippen LogP contribution in [0.2, 0.25) is 0 Å². The average molecular weight is 545 g/mol. The molecule has 186 valence electrons. The van der Waals surface area contributed by atoms with E-state index in [2.05, 4.69) is 19.3 Å². The number of nitrogens with one attached hydrogen (secondary N) is 1. The van der Waals surface area contributed by atoms with Gasteiger partial charge in [0.2, 0.25) is 11.7 Å². The number of hydrogen-bond donors (Lipinski definition) is 5. The molecule has 6 N–H and O–H groups in total. The standard InChI is InChI=1S/C15H21N7O10P2.Na/c1-20-7-22(12-9(20)13(24)19-15(16)18-12)14-10(23)11(29-2)8(31-14)5-30-34(27,28)32-33(25,26)21-4-3-17-6-21;/h3-4,6-8,10-11,14,23H,5H2,1-2H3,(H4-,16,18,19,24,25,26,27,28);/q;+1/p+1/t8-,10-,11-,14-;/m1./s1. The fraction of sp³-hybridized carbons (Fsp3) is 0.467. The predicted octanol–water partition coefficient (Wildman–Crippen LogP) is -4.61. The first-order valence-electron chi connectivity index (χ1n) is 9.56. The Morgan fingerprint density at radius 1 is 1.37 bits per heavy atom. The first-order valence-corrected chi connectivity index (χ1v) is 12.6. The number of fused-ring (bicyclic) bond motifs is 1. The van der Waals surface area contributed by atoms with Crippen molar-refractivity contribution in [2.45, 2.75) is 24.5 Å². The van der Waals surface area contributed by atoms with E-state index in [1.807, 2.05) is 0 Å². The van der Waals surface area contributed by atoms with Gasteiger partial charge in [0.1, 0.15) is 24.6 Å². The third-order valence-corrected chi connectivity index (χ3v) is 8.01. The molecule has 0 bridgehead atoms. The van der Waals surface area contributed by atoms with E-state index < -0.39 is 52.3 Å². The van der Waals surface area contributed by atoms with E-state index in [0.29, 0.717) is 4.34 Å². The van der Waals surface area contributed by atoms with Gasteiger partial charge >= 0.3 is 50.8 Å². The Bertz CT molecular complexity index is 1350. The van der Waals surface area contributed by atoms with Gasteiger partial charge in [0.25, 0.3) is 11.5 Å². The molecule has 20 heteroatoms. The summed E-state index contributed by atoms with van der Waals surface area (Å²) >= 11 is 0. The van der Waals surface area contributed by atoms with Gasteiger partial charge in [-0.3, -0.25) is 18.9 Å². The molecule has 3 aromatic rings. The van der Waals surface area contributed by atoms with Gasteiger partial charge < -0.3 is 30.1 Å². The van der Waals surface area contributed by atoms with Crippen LogP contribution < -0.4 is 45.4 Å². The monoisotopic (exact) mass is 545 g/mol. The molecule has 2 unspecified atom stereocenters. The van der Waals surface area contributed by atoms with Crippen molar-refractivity contribution in [3.05, 3.63) is 35.4 Å². The van der Waals surface area contributed by atoms with E-state index in [1.54, 1.807) is 7.05 Å². The van der Waals surface area contributed by atoms with E-state index >= 15 is 0 Å². The number of anilines is 1. The number of phosphoric ester groups is 1. The molecule has 17 nitrogen and oxygen atoms in total. The number of methoxy groups -OCH3 is 1. The largest absolute Gasteiger partial charge is 1.00 e. The molecule has 6 atom stereocenters. The van der Waals surface area contributed by atoms with Gasteiger partial charge in [0, 0.05) is 19.5 Å². The molecule has 1 aliphatic rings. The van der Waals surface area contributed by atoms with Crippen molar-refractivity contribution in [2.24, 2.45) is 7.05 Å². The van der Waals surface area contributed by atoms with Crippen molar-refractivity contribution in [3.63, 3.8) is 0 Å². The minimum absolute atomic E-state index is 0. The maximum Gasteiger partial charge on any atom is 1.00 e. The Hall–Kier alpha value is -1.46. The molecule has 4 rings (SSSR count). The van der Waals surface area contributed by atoms with E-state index in [1.165, 1.54) is 28.8 Å². The number of nitrogens with two attached hydrogens (primary N) is 1. The van der Waals surface area contributed by atoms with Crippen molar-refractivity contribution >= 4 is 32.7 Å². The summed E-state index contributed by atoms with van der Waals surface area (Å²) in [6, 6.07) is 0. The van der Waals surface area contributed by atoms with Crippen molar-refractivity contribution in [3.8, 4) is 0 Å². The van der Waals surface area contributed by atoms with E-state index in [-0.39, 0.29) is 46.7 Å². The van der Waals surface area contributed by atoms with Gasteiger partial charge in [-0.15, -0.1) is 0 Å². The van der Waals surface area contributed by atoms with Crippen molar-refractivity contribution < 1.29 is 76.5 Å². The smallest absolute Gasteiger partial charge is 0.384 e. The molecule has 0 saturated carbocycles. The number of hydrogen-bond acceptors (Lipinski definition) is 11. The minimum Gasteiger partial charge on any atom is -0.384 e. The quantitative estimate of drug-likeness (QED) is 0.102. The SMILES string of the molecule is CO[C@H]1[C@@H](O)[C@H]([n+]2cn(C)c3c(=O)[nH]c(N)nc32)O[C@@H]1COP(=O)(O)OP(=O)(O)n1ccnc1.[Na+]. The van der Waals surface area contributed by atoms with E-state index in [0.717, 1.165) is 12.5 Å². The molecule has 0 aliphatic carbocycles. The van der Waals surface area contributed by atoms with Crippen LogP contribution in [-0.2, 0) is 34.5 Å². The van der Waals surface area contributed by atoms with E-state index in [9.17, 15) is 28.8 Å². The van der Waals surface area contributed by atoms with Gasteiger partial charge in [0.15, 0.2) is 6.33 Å². The zero-order valence-corrected chi connectivity index (χ0v) is 22.5. The number of nitrogens with zero attached hydrogens (tertiary/aromatic N) is 5. The van der Waals surface area contributed by atoms with Crippen molar-refractivity contribution in [1.82, 2.24) is 23.9 Å². The maximum absolute atomic E-state index is 12.3. The molecule has 0 spiro atoms. The number of aromatic nitrogens is 6. The molecule has 4 heterocycles. The third kappa shape index (κ3) is 5.61. The number of aromatic amines is 1. The number of ether oxygens (including phenoxy) is 2. The third-order valence-electron chi connectivity index (χ3n) is 5.04. The molecular weight excluding hydrogens is 523 g/mol. The van der Waals surface area contributed by atoms with E-state index in [4.69, 9.17) is 19.7 Å². The van der Waals surface area contributed by atoms with Gasteiger partial charge in [-0.2, -0.15) is 4.31 Å². The first-order chi connectivity index (χ1) is 15.9. The van der Waals surface area contributed by atoms with Crippen LogP contribution in [0, 0.1) is 0 Å². The number of phosphoric acid groups is 1. The molecule has 0 radical (unpaired) electrons. The summed E-state index contributed by atoms with van der Waals surface area (Å²) in [7, 11) is -6.99. The molecule has 1 aliphatic heterocycles. The van der Waals surface area contributed by atoms with Crippen LogP contribution in [0.4, 0.5) is 5.95 Å². The van der Waals surface area contributed by atoms with Gasteiger partial charge in [-0.25, -0.2) is 23.0 Å². The number of aliphatic hydroxyl groups is 1. The summed E-state index contributed by atoms with van der Waals surface area (Å²) in [6.45, 7) is -0.661. The summed E-state index contributed by atoms with van der Waals surface area (Å²) in [4.78, 5) is 42.1. The molecule has 0 aromatic carbocycles. The van der Waals surface area contributed by atoms with Crippen LogP contribution in [0.1, 0.15) is 6.23 Å². The number of H-pyrrole nitrogens is 1. The zero-order valence-electron chi connectivity index (χ0n) is 18.7. The molecule has 35 heavy (non-hydrogen) atoms. The van der Waals surface area contributed by atoms with Crippen LogP contribution in [0.5, 0.6) is 0 Å². The number of imidazole rings is 2. The maximum atomic E-state index is 12.3. The van der Waals surface area contributed by atoms with Gasteiger partial charge in [-0.1, -0.05) is 4.98 Å². The fourth-order valence-corrected chi connectivity index (χ4v) is 5.95. The summed E-state index contributed by atoms with van der Waals surface area (Å²) in [5.74, 6) is -0.155. The van der Waals surface area contributed by atoms with Gasteiger partial charge in [0.05, 0.1) is 13.7 Å². The normalized spacial score (nSPS) is 25.7. The van der Waals surface area contributed by atoms with Gasteiger partial charge in [-0.05, 0) is 0 Å². The minimum atomic E-state index is -5.07. The molecule has 1 saturated heterocycles. The first kappa shape index (κ1) is 28.1. The number of rotatable bonds is 8. The van der Waals surface area contributed by atoms with Crippen LogP contribution in [0.25, 0.3) is 11.2 Å². The van der Waals surface area contributed by atoms with Crippen LogP contribution >= 0.6 is 15.6 Å². The molecule has 1 fully saturated rings. The zero-order chi connectivity index (χ0) is 24.8.